The van der Waals surface area contributed by atoms with Crippen LogP contribution in [-0.2, 0) is 6.54 Å². The zero-order chi connectivity index (χ0) is 15.3. The van der Waals surface area contributed by atoms with Gasteiger partial charge in [-0.05, 0) is 24.6 Å². The molecule has 1 spiro atoms. The van der Waals surface area contributed by atoms with Crippen molar-refractivity contribution < 1.29 is 0 Å². The van der Waals surface area contributed by atoms with Crippen molar-refractivity contribution in [2.45, 2.75) is 18.5 Å². The Morgan fingerprint density at radius 2 is 2.04 bits per heavy atom. The van der Waals surface area contributed by atoms with Crippen LogP contribution in [0.4, 0.5) is 5.95 Å². The molecule has 0 aliphatic carbocycles. The minimum atomic E-state index is 0.259. The van der Waals surface area contributed by atoms with Crippen molar-refractivity contribution in [2.75, 3.05) is 24.5 Å². The quantitative estimate of drug-likeness (QED) is 0.800. The fourth-order valence-electron chi connectivity index (χ4n) is 3.87. The number of hydrogen-bond acceptors (Lipinski definition) is 5. The van der Waals surface area contributed by atoms with Gasteiger partial charge < -0.3 is 9.88 Å². The lowest BCUT2D eigenvalue weighted by Gasteiger charge is -2.62. The lowest BCUT2D eigenvalue weighted by atomic mass is 9.77. The summed E-state index contributed by atoms with van der Waals surface area (Å²) in [5.74, 6) is 0.870. The third-order valence-corrected chi connectivity index (χ3v) is 5.07. The molecule has 6 nitrogen and oxygen atoms in total. The summed E-state index contributed by atoms with van der Waals surface area (Å²) in [6.07, 6.45) is 8.62. The summed E-state index contributed by atoms with van der Waals surface area (Å²) in [4.78, 5) is 21.3. The third-order valence-electron chi connectivity index (χ3n) is 5.07. The fraction of sp³-hybridized carbons (Fsp3) is 0.353. The first-order valence-corrected chi connectivity index (χ1v) is 8.01. The van der Waals surface area contributed by atoms with Gasteiger partial charge in [0.05, 0.1) is 5.54 Å². The molecule has 0 radical (unpaired) electrons. The van der Waals surface area contributed by atoms with Gasteiger partial charge in [-0.2, -0.15) is 0 Å². The van der Waals surface area contributed by atoms with Gasteiger partial charge in [0.15, 0.2) is 0 Å². The highest BCUT2D eigenvalue weighted by atomic mass is 15.4. The second-order valence-corrected chi connectivity index (χ2v) is 6.58. The van der Waals surface area contributed by atoms with Crippen molar-refractivity contribution >= 4 is 16.9 Å². The Morgan fingerprint density at radius 1 is 1.17 bits per heavy atom. The summed E-state index contributed by atoms with van der Waals surface area (Å²) >= 11 is 0. The second-order valence-electron chi connectivity index (χ2n) is 6.58. The van der Waals surface area contributed by atoms with Crippen LogP contribution in [0.1, 0.15) is 12.1 Å². The van der Waals surface area contributed by atoms with E-state index in [2.05, 4.69) is 35.8 Å². The molecule has 6 heteroatoms. The van der Waals surface area contributed by atoms with E-state index in [9.17, 15) is 0 Å². The van der Waals surface area contributed by atoms with Gasteiger partial charge in [-0.25, -0.2) is 9.97 Å². The molecule has 2 saturated heterocycles. The molecule has 0 amide bonds. The predicted molar refractivity (Wildman–Crippen MR) is 88.1 cm³/mol. The van der Waals surface area contributed by atoms with Crippen molar-refractivity contribution in [3.05, 3.63) is 48.7 Å². The van der Waals surface area contributed by atoms with Crippen LogP contribution in [0.2, 0.25) is 0 Å². The van der Waals surface area contributed by atoms with Crippen molar-refractivity contribution in [1.82, 2.24) is 24.8 Å². The molecule has 0 atom stereocenters. The highest BCUT2D eigenvalue weighted by Gasteiger charge is 2.54. The monoisotopic (exact) mass is 306 g/mol. The molecule has 0 aromatic carbocycles. The predicted octanol–water partition coefficient (Wildman–Crippen LogP) is 1.82. The number of anilines is 1. The normalized spacial score (nSPS) is 19.7. The Labute approximate surface area is 134 Å². The number of aromatic nitrogens is 4. The second kappa shape index (κ2) is 4.76. The number of aromatic amines is 1. The number of nitrogens with one attached hydrogen (secondary N) is 1. The molecule has 5 rings (SSSR count). The summed E-state index contributed by atoms with van der Waals surface area (Å²) in [6, 6.07) is 6.09. The molecule has 0 saturated carbocycles. The summed E-state index contributed by atoms with van der Waals surface area (Å²) in [5.41, 5.74) is 2.67. The average Bonchev–Trinajstić information content (AvgIpc) is 2.92. The Balaban J connectivity index is 1.28. The Kier molecular flexibility index (Phi) is 2.69. The molecule has 2 fully saturated rings. The van der Waals surface area contributed by atoms with Crippen molar-refractivity contribution in [2.24, 2.45) is 0 Å². The van der Waals surface area contributed by atoms with Crippen LogP contribution in [0.3, 0.4) is 0 Å². The Hall–Kier alpha value is -2.47. The van der Waals surface area contributed by atoms with Gasteiger partial charge in [0, 0.05) is 67.6 Å². The number of fused-ring (bicyclic) bond motifs is 1. The van der Waals surface area contributed by atoms with Crippen LogP contribution < -0.4 is 4.90 Å². The summed E-state index contributed by atoms with van der Waals surface area (Å²) in [5, 5.41) is 1.18. The molecule has 0 bridgehead atoms. The van der Waals surface area contributed by atoms with Crippen LogP contribution in [-0.4, -0.2) is 50.0 Å². The SMILES string of the molecule is c1cnc(N2CCC23CN(Cc2cc4cnccc4[nH]2)C3)nc1. The lowest BCUT2D eigenvalue weighted by molar-refractivity contribution is 0.0166. The molecular weight excluding hydrogens is 288 g/mol. The number of likely N-dealkylation sites (tertiary alicyclic amines) is 1. The number of nitrogens with zero attached hydrogens (tertiary/aromatic N) is 5. The van der Waals surface area contributed by atoms with Gasteiger partial charge in [-0.15, -0.1) is 0 Å². The first kappa shape index (κ1) is 13.0. The molecule has 2 aliphatic heterocycles. The highest BCUT2D eigenvalue weighted by molar-refractivity contribution is 5.79. The van der Waals surface area contributed by atoms with Gasteiger partial charge in [-0.3, -0.25) is 9.88 Å². The minimum Gasteiger partial charge on any atom is -0.357 e. The van der Waals surface area contributed by atoms with E-state index in [1.54, 1.807) is 0 Å². The number of rotatable bonds is 3. The summed E-state index contributed by atoms with van der Waals surface area (Å²) in [7, 11) is 0. The highest BCUT2D eigenvalue weighted by Crippen LogP contribution is 2.41. The van der Waals surface area contributed by atoms with Gasteiger partial charge in [0.25, 0.3) is 0 Å². The average molecular weight is 306 g/mol. The fourth-order valence-corrected chi connectivity index (χ4v) is 3.87. The summed E-state index contributed by atoms with van der Waals surface area (Å²) < 4.78 is 0. The lowest BCUT2D eigenvalue weighted by Crippen LogP contribution is -2.77. The molecule has 2 aliphatic rings. The van der Waals surface area contributed by atoms with E-state index in [1.165, 1.54) is 17.5 Å². The molecule has 116 valence electrons. The number of hydrogen-bond donors (Lipinski definition) is 1. The van der Waals surface area contributed by atoms with Gasteiger partial charge in [0.1, 0.15) is 0 Å². The van der Waals surface area contributed by atoms with Gasteiger partial charge >= 0.3 is 0 Å². The third kappa shape index (κ3) is 2.02. The first-order chi connectivity index (χ1) is 11.3. The maximum absolute atomic E-state index is 4.40. The van der Waals surface area contributed by atoms with E-state index in [-0.39, 0.29) is 5.54 Å². The topological polar surface area (TPSA) is 60.9 Å². The molecule has 0 unspecified atom stereocenters. The van der Waals surface area contributed by atoms with E-state index in [0.29, 0.717) is 0 Å². The molecule has 23 heavy (non-hydrogen) atoms. The van der Waals surface area contributed by atoms with Gasteiger partial charge in [-0.1, -0.05) is 0 Å². The Morgan fingerprint density at radius 3 is 2.78 bits per heavy atom. The van der Waals surface area contributed by atoms with Gasteiger partial charge in [0.2, 0.25) is 5.95 Å². The standard InChI is InChI=1S/C17H18N6/c1-4-19-16(20-5-1)23-7-3-17(23)11-22(12-17)10-14-8-13-9-18-6-2-15(13)21-14/h1-2,4-6,8-9,21H,3,7,10-12H2. The van der Waals surface area contributed by atoms with Crippen molar-refractivity contribution in [3.63, 3.8) is 0 Å². The van der Waals surface area contributed by atoms with Crippen molar-refractivity contribution in [1.29, 1.82) is 0 Å². The van der Waals surface area contributed by atoms with Crippen LogP contribution >= 0.6 is 0 Å². The molecule has 3 aromatic rings. The molecule has 3 aromatic heterocycles. The maximum atomic E-state index is 4.40. The van der Waals surface area contributed by atoms with Crippen molar-refractivity contribution in [3.8, 4) is 0 Å². The van der Waals surface area contributed by atoms with E-state index >= 15 is 0 Å². The van der Waals surface area contributed by atoms with Crippen LogP contribution in [0.15, 0.2) is 43.0 Å². The number of H-pyrrole nitrogens is 1. The zero-order valence-corrected chi connectivity index (χ0v) is 12.8. The van der Waals surface area contributed by atoms with E-state index in [0.717, 1.165) is 37.6 Å². The molecule has 5 heterocycles. The van der Waals surface area contributed by atoms with Crippen LogP contribution in [0.25, 0.3) is 10.9 Å². The largest absolute Gasteiger partial charge is 0.357 e. The minimum absolute atomic E-state index is 0.259. The Bertz CT molecular complexity index is 803. The molecular formula is C17H18N6. The van der Waals surface area contributed by atoms with E-state index in [4.69, 9.17) is 0 Å². The van der Waals surface area contributed by atoms with E-state index in [1.807, 2.05) is 36.9 Å². The summed E-state index contributed by atoms with van der Waals surface area (Å²) in [6.45, 7) is 4.19. The maximum Gasteiger partial charge on any atom is 0.225 e. The number of pyridine rings is 1. The zero-order valence-electron chi connectivity index (χ0n) is 12.8. The molecule has 1 N–H and O–H groups in total. The van der Waals surface area contributed by atoms with E-state index < -0.39 is 0 Å². The van der Waals surface area contributed by atoms with Crippen LogP contribution in [0.5, 0.6) is 0 Å². The first-order valence-electron chi connectivity index (χ1n) is 8.01. The smallest absolute Gasteiger partial charge is 0.225 e. The van der Waals surface area contributed by atoms with Crippen LogP contribution in [0, 0.1) is 0 Å².